The number of nitrogens with one attached hydrogen (secondary N) is 1. The molecule has 6 nitrogen and oxygen atoms in total. The van der Waals surface area contributed by atoms with E-state index < -0.39 is 5.97 Å². The molecule has 0 aliphatic carbocycles. The highest BCUT2D eigenvalue weighted by atomic mass is 16.5. The predicted octanol–water partition coefficient (Wildman–Crippen LogP) is 2.25. The van der Waals surface area contributed by atoms with E-state index in [1.165, 1.54) is 13.2 Å². The van der Waals surface area contributed by atoms with Gasteiger partial charge < -0.3 is 14.5 Å². The molecular formula is C14H13N3O3. The Bertz CT molecular complexity index is 671. The summed E-state index contributed by atoms with van der Waals surface area (Å²) in [5, 5.41) is 12.0. The molecule has 2 aromatic rings. The second-order valence-corrected chi connectivity index (χ2v) is 4.07. The van der Waals surface area contributed by atoms with Crippen molar-refractivity contribution in [1.29, 1.82) is 5.26 Å². The maximum absolute atomic E-state index is 11.3. The predicted molar refractivity (Wildman–Crippen MR) is 71.1 cm³/mol. The minimum Gasteiger partial charge on any atom is -0.463 e. The minimum atomic E-state index is -0.525. The lowest BCUT2D eigenvalue weighted by atomic mass is 10.2. The fourth-order valence-corrected chi connectivity index (χ4v) is 1.64. The van der Waals surface area contributed by atoms with Crippen LogP contribution in [0, 0.1) is 18.3 Å². The molecule has 0 atom stereocenters. The maximum atomic E-state index is 11.3. The van der Waals surface area contributed by atoms with Crippen LogP contribution in [0.5, 0.6) is 0 Å². The van der Waals surface area contributed by atoms with E-state index in [4.69, 9.17) is 9.68 Å². The molecule has 0 saturated carbocycles. The third-order valence-electron chi connectivity index (χ3n) is 2.63. The van der Waals surface area contributed by atoms with Crippen LogP contribution in [-0.2, 0) is 11.3 Å². The van der Waals surface area contributed by atoms with Gasteiger partial charge in [-0.1, -0.05) is 0 Å². The van der Waals surface area contributed by atoms with Crippen LogP contribution >= 0.6 is 0 Å². The van der Waals surface area contributed by atoms with Crippen molar-refractivity contribution in [3.05, 3.63) is 47.0 Å². The number of hydrogen-bond donors (Lipinski definition) is 1. The van der Waals surface area contributed by atoms with E-state index in [9.17, 15) is 4.79 Å². The van der Waals surface area contributed by atoms with Gasteiger partial charge >= 0.3 is 5.97 Å². The quantitative estimate of drug-likeness (QED) is 0.858. The molecule has 0 amide bonds. The van der Waals surface area contributed by atoms with Crippen LogP contribution in [-0.4, -0.2) is 18.1 Å². The van der Waals surface area contributed by atoms with Gasteiger partial charge in [-0.05, 0) is 31.2 Å². The normalized spacial score (nSPS) is 9.85. The molecule has 0 aliphatic heterocycles. The zero-order valence-corrected chi connectivity index (χ0v) is 11.1. The smallest absolute Gasteiger partial charge is 0.373 e. The zero-order chi connectivity index (χ0) is 14.5. The second-order valence-electron chi connectivity index (χ2n) is 4.07. The molecule has 0 saturated heterocycles. The standard InChI is InChI=1S/C14H13N3O3/c1-9-3-4-10(7-15)13(17-9)16-8-11-5-6-12(20-11)14(18)19-2/h3-6H,8H2,1-2H3,(H,16,17). The summed E-state index contributed by atoms with van der Waals surface area (Å²) in [6.07, 6.45) is 0. The zero-order valence-electron chi connectivity index (χ0n) is 11.1. The van der Waals surface area contributed by atoms with Crippen LogP contribution in [0.15, 0.2) is 28.7 Å². The Morgan fingerprint density at radius 1 is 1.45 bits per heavy atom. The monoisotopic (exact) mass is 271 g/mol. The Morgan fingerprint density at radius 2 is 2.25 bits per heavy atom. The van der Waals surface area contributed by atoms with Crippen molar-refractivity contribution in [3.8, 4) is 6.07 Å². The lowest BCUT2D eigenvalue weighted by Crippen LogP contribution is -2.04. The van der Waals surface area contributed by atoms with Crippen LogP contribution < -0.4 is 5.32 Å². The summed E-state index contributed by atoms with van der Waals surface area (Å²) in [6, 6.07) is 8.74. The minimum absolute atomic E-state index is 0.141. The average molecular weight is 271 g/mol. The Kier molecular flexibility index (Phi) is 4.01. The van der Waals surface area contributed by atoms with Gasteiger partial charge in [0.05, 0.1) is 19.2 Å². The van der Waals surface area contributed by atoms with Crippen LogP contribution in [0.1, 0.15) is 27.6 Å². The number of pyridine rings is 1. The number of ether oxygens (including phenoxy) is 1. The van der Waals surface area contributed by atoms with E-state index in [1.807, 2.05) is 6.92 Å². The number of methoxy groups -OCH3 is 1. The molecule has 0 radical (unpaired) electrons. The summed E-state index contributed by atoms with van der Waals surface area (Å²) in [7, 11) is 1.29. The molecule has 20 heavy (non-hydrogen) atoms. The molecule has 0 aliphatic rings. The fourth-order valence-electron chi connectivity index (χ4n) is 1.64. The number of nitriles is 1. The highest BCUT2D eigenvalue weighted by molar-refractivity contribution is 5.86. The molecule has 2 heterocycles. The number of carbonyl (C=O) groups excluding carboxylic acids is 1. The van der Waals surface area contributed by atoms with Crippen molar-refractivity contribution in [2.45, 2.75) is 13.5 Å². The van der Waals surface area contributed by atoms with Crippen molar-refractivity contribution in [1.82, 2.24) is 4.98 Å². The van der Waals surface area contributed by atoms with Gasteiger partial charge in [0.1, 0.15) is 17.6 Å². The van der Waals surface area contributed by atoms with Crippen LogP contribution in [0.3, 0.4) is 0 Å². The molecule has 6 heteroatoms. The lowest BCUT2D eigenvalue weighted by molar-refractivity contribution is 0.0563. The van der Waals surface area contributed by atoms with Gasteiger partial charge in [-0.25, -0.2) is 9.78 Å². The number of rotatable bonds is 4. The Morgan fingerprint density at radius 3 is 2.95 bits per heavy atom. The summed E-state index contributed by atoms with van der Waals surface area (Å²) in [6.45, 7) is 2.16. The first-order chi connectivity index (χ1) is 9.63. The highest BCUT2D eigenvalue weighted by Gasteiger charge is 2.11. The molecule has 0 unspecified atom stereocenters. The van der Waals surface area contributed by atoms with Crippen molar-refractivity contribution < 1.29 is 13.9 Å². The number of carbonyl (C=O) groups is 1. The van der Waals surface area contributed by atoms with E-state index in [2.05, 4.69) is 21.1 Å². The van der Waals surface area contributed by atoms with Gasteiger partial charge in [-0.15, -0.1) is 0 Å². The largest absolute Gasteiger partial charge is 0.463 e. The van der Waals surface area contributed by atoms with Gasteiger partial charge in [0.15, 0.2) is 0 Å². The van der Waals surface area contributed by atoms with Crippen molar-refractivity contribution >= 4 is 11.8 Å². The maximum Gasteiger partial charge on any atom is 0.373 e. The van der Waals surface area contributed by atoms with Crippen LogP contribution in [0.2, 0.25) is 0 Å². The Labute approximate surface area is 116 Å². The Balaban J connectivity index is 2.09. The van der Waals surface area contributed by atoms with Crippen molar-refractivity contribution in [2.75, 3.05) is 12.4 Å². The SMILES string of the molecule is COC(=O)c1ccc(CNc2nc(C)ccc2C#N)o1. The first-order valence-electron chi connectivity index (χ1n) is 5.92. The molecular weight excluding hydrogens is 258 g/mol. The van der Waals surface area contributed by atoms with Gasteiger partial charge in [0.25, 0.3) is 0 Å². The first-order valence-corrected chi connectivity index (χ1v) is 5.92. The van der Waals surface area contributed by atoms with Crippen molar-refractivity contribution in [3.63, 3.8) is 0 Å². The summed E-state index contributed by atoms with van der Waals surface area (Å²) in [4.78, 5) is 15.5. The Hall–Kier alpha value is -2.81. The lowest BCUT2D eigenvalue weighted by Gasteiger charge is -2.06. The van der Waals surface area contributed by atoms with Crippen LogP contribution in [0.25, 0.3) is 0 Å². The van der Waals surface area contributed by atoms with E-state index in [1.54, 1.807) is 18.2 Å². The summed E-state index contributed by atoms with van der Waals surface area (Å²) in [5.74, 6) is 0.658. The molecule has 0 aromatic carbocycles. The topological polar surface area (TPSA) is 88.1 Å². The third kappa shape index (κ3) is 2.95. The van der Waals surface area contributed by atoms with Crippen LogP contribution in [0.4, 0.5) is 5.82 Å². The van der Waals surface area contributed by atoms with Crippen molar-refractivity contribution in [2.24, 2.45) is 0 Å². The fraction of sp³-hybridized carbons (Fsp3) is 0.214. The number of esters is 1. The highest BCUT2D eigenvalue weighted by Crippen LogP contribution is 2.15. The van der Waals surface area contributed by atoms with Gasteiger partial charge in [-0.3, -0.25) is 0 Å². The molecule has 2 rings (SSSR count). The number of aromatic nitrogens is 1. The summed E-state index contributed by atoms with van der Waals surface area (Å²) in [5.41, 5.74) is 1.26. The number of aryl methyl sites for hydroxylation is 1. The molecule has 102 valence electrons. The van der Waals surface area contributed by atoms with Gasteiger partial charge in [0.2, 0.25) is 5.76 Å². The summed E-state index contributed by atoms with van der Waals surface area (Å²) >= 11 is 0. The first kappa shape index (κ1) is 13.6. The number of anilines is 1. The number of hydrogen-bond acceptors (Lipinski definition) is 6. The van der Waals surface area contributed by atoms with E-state index in [0.29, 0.717) is 23.7 Å². The van der Waals surface area contributed by atoms with E-state index >= 15 is 0 Å². The molecule has 0 fully saturated rings. The summed E-state index contributed by atoms with van der Waals surface area (Å²) < 4.78 is 9.87. The molecule has 1 N–H and O–H groups in total. The van der Waals surface area contributed by atoms with Gasteiger partial charge in [-0.2, -0.15) is 5.26 Å². The van der Waals surface area contributed by atoms with E-state index in [-0.39, 0.29) is 5.76 Å². The van der Waals surface area contributed by atoms with E-state index in [0.717, 1.165) is 5.69 Å². The average Bonchev–Trinajstić information content (AvgIpc) is 2.93. The number of nitrogens with zero attached hydrogens (tertiary/aromatic N) is 2. The molecule has 0 spiro atoms. The molecule has 0 bridgehead atoms. The second kappa shape index (κ2) is 5.89. The molecule has 2 aromatic heterocycles. The number of furan rings is 1. The van der Waals surface area contributed by atoms with Gasteiger partial charge in [0, 0.05) is 5.69 Å². The third-order valence-corrected chi connectivity index (χ3v) is 2.63.